The van der Waals surface area contributed by atoms with Crippen LogP contribution in [0.15, 0.2) is 22.7 Å². The summed E-state index contributed by atoms with van der Waals surface area (Å²) >= 11 is 3.46. The Kier molecular flexibility index (Phi) is 3.92. The van der Waals surface area contributed by atoms with Gasteiger partial charge in [-0.2, -0.15) is 0 Å². The molecule has 1 aromatic carbocycles. The van der Waals surface area contributed by atoms with Gasteiger partial charge in [0.05, 0.1) is 0 Å². The van der Waals surface area contributed by atoms with Crippen LogP contribution in [0.1, 0.15) is 31.4 Å². The number of rotatable bonds is 3. The van der Waals surface area contributed by atoms with Crippen LogP contribution in [0.2, 0.25) is 0 Å². The van der Waals surface area contributed by atoms with E-state index in [1.165, 1.54) is 32.0 Å². The maximum Gasteiger partial charge on any atom is 0.124 e. The van der Waals surface area contributed by atoms with Crippen molar-refractivity contribution in [3.63, 3.8) is 0 Å². The summed E-state index contributed by atoms with van der Waals surface area (Å²) in [5.74, 6) is 0.623. The van der Waals surface area contributed by atoms with Gasteiger partial charge in [0.1, 0.15) is 5.82 Å². The Morgan fingerprint density at radius 2 is 2.11 bits per heavy atom. The lowest BCUT2D eigenvalue weighted by atomic mass is 9.83. The van der Waals surface area contributed by atoms with Gasteiger partial charge in [-0.25, -0.2) is 4.39 Å². The van der Waals surface area contributed by atoms with Gasteiger partial charge in [0.2, 0.25) is 0 Å². The molecule has 3 aliphatic heterocycles. The molecular weight excluding hydrogens is 307 g/mol. The second kappa shape index (κ2) is 5.51. The van der Waals surface area contributed by atoms with Gasteiger partial charge >= 0.3 is 0 Å². The molecule has 3 heterocycles. The van der Waals surface area contributed by atoms with Gasteiger partial charge in [0, 0.05) is 23.1 Å². The van der Waals surface area contributed by atoms with Crippen LogP contribution in [-0.2, 0) is 0 Å². The van der Waals surface area contributed by atoms with Crippen molar-refractivity contribution in [2.75, 3.05) is 19.6 Å². The minimum Gasteiger partial charge on any atom is -0.306 e. The number of hydrogen-bond donors (Lipinski definition) is 1. The first-order valence-electron chi connectivity index (χ1n) is 7.07. The van der Waals surface area contributed by atoms with Crippen LogP contribution in [0.25, 0.3) is 0 Å². The molecule has 19 heavy (non-hydrogen) atoms. The molecule has 0 radical (unpaired) electrons. The van der Waals surface area contributed by atoms with E-state index in [0.29, 0.717) is 6.04 Å². The molecule has 0 aliphatic carbocycles. The Bertz CT molecular complexity index is 457. The molecular formula is C15H20BrFN2. The second-order valence-corrected chi connectivity index (χ2v) is 6.65. The largest absolute Gasteiger partial charge is 0.306 e. The smallest absolute Gasteiger partial charge is 0.124 e. The molecule has 3 fully saturated rings. The minimum atomic E-state index is -0.189. The van der Waals surface area contributed by atoms with Gasteiger partial charge in [-0.1, -0.05) is 22.0 Å². The topological polar surface area (TPSA) is 15.3 Å². The third kappa shape index (κ3) is 2.86. The van der Waals surface area contributed by atoms with E-state index >= 15 is 0 Å². The highest BCUT2D eigenvalue weighted by Crippen LogP contribution is 2.30. The van der Waals surface area contributed by atoms with E-state index in [4.69, 9.17) is 0 Å². The summed E-state index contributed by atoms with van der Waals surface area (Å²) in [5.41, 5.74) is 1.14. The van der Waals surface area contributed by atoms with E-state index in [0.717, 1.165) is 22.5 Å². The number of nitrogens with one attached hydrogen (secondary N) is 1. The van der Waals surface area contributed by atoms with Gasteiger partial charge < -0.3 is 10.2 Å². The lowest BCUT2D eigenvalue weighted by Gasteiger charge is -2.46. The molecule has 2 bridgehead atoms. The predicted octanol–water partition coefficient (Wildman–Crippen LogP) is 3.33. The lowest BCUT2D eigenvalue weighted by Crippen LogP contribution is -2.56. The average molecular weight is 327 g/mol. The molecule has 0 spiro atoms. The fourth-order valence-electron chi connectivity index (χ4n) is 3.42. The molecule has 104 valence electrons. The van der Waals surface area contributed by atoms with Crippen molar-refractivity contribution in [2.45, 2.75) is 31.8 Å². The fourth-order valence-corrected chi connectivity index (χ4v) is 4.11. The zero-order chi connectivity index (χ0) is 13.4. The zero-order valence-electron chi connectivity index (χ0n) is 11.2. The third-order valence-electron chi connectivity index (χ3n) is 4.55. The van der Waals surface area contributed by atoms with Gasteiger partial charge in [-0.3, -0.25) is 0 Å². The van der Waals surface area contributed by atoms with Crippen LogP contribution in [0, 0.1) is 11.7 Å². The Labute approximate surface area is 122 Å². The first-order chi connectivity index (χ1) is 9.13. The summed E-state index contributed by atoms with van der Waals surface area (Å²) in [4.78, 5) is 2.55. The van der Waals surface area contributed by atoms with Gasteiger partial charge in [0.25, 0.3) is 0 Å². The number of fused-ring (bicyclic) bond motifs is 3. The lowest BCUT2D eigenvalue weighted by molar-refractivity contribution is 0.0680. The monoisotopic (exact) mass is 326 g/mol. The third-order valence-corrected chi connectivity index (χ3v) is 5.24. The van der Waals surface area contributed by atoms with E-state index in [2.05, 4.69) is 33.1 Å². The molecule has 0 amide bonds. The fraction of sp³-hybridized carbons (Fsp3) is 0.600. The van der Waals surface area contributed by atoms with E-state index in [-0.39, 0.29) is 11.9 Å². The predicted molar refractivity (Wildman–Crippen MR) is 78.6 cm³/mol. The first-order valence-corrected chi connectivity index (χ1v) is 7.86. The summed E-state index contributed by atoms with van der Waals surface area (Å²) in [5, 5.41) is 3.73. The molecule has 4 heteroatoms. The number of hydrogen-bond acceptors (Lipinski definition) is 2. The standard InChI is InChI=1S/C15H20BrFN2/c1-10(13-3-2-12(17)8-14(13)16)18-15-9-19-6-4-11(15)5-7-19/h2-3,8,10-11,15,18H,4-7,9H2,1H3. The highest BCUT2D eigenvalue weighted by molar-refractivity contribution is 9.10. The second-order valence-electron chi connectivity index (χ2n) is 5.80. The van der Waals surface area contributed by atoms with Crippen LogP contribution < -0.4 is 5.32 Å². The maximum absolute atomic E-state index is 13.1. The number of halogens is 2. The molecule has 0 aromatic heterocycles. The molecule has 3 aliphatic rings. The molecule has 1 aromatic rings. The molecule has 3 saturated heterocycles. The van der Waals surface area contributed by atoms with Crippen molar-refractivity contribution in [3.05, 3.63) is 34.1 Å². The van der Waals surface area contributed by atoms with Crippen LogP contribution in [0.4, 0.5) is 4.39 Å². The van der Waals surface area contributed by atoms with E-state index in [1.54, 1.807) is 6.07 Å². The summed E-state index contributed by atoms with van der Waals surface area (Å²) in [6, 6.07) is 5.78. The van der Waals surface area contributed by atoms with Crippen molar-refractivity contribution in [1.29, 1.82) is 0 Å². The quantitative estimate of drug-likeness (QED) is 0.916. The molecule has 0 saturated carbocycles. The van der Waals surface area contributed by atoms with Crippen molar-refractivity contribution >= 4 is 15.9 Å². The highest BCUT2D eigenvalue weighted by Gasteiger charge is 2.34. The van der Waals surface area contributed by atoms with Crippen LogP contribution in [-0.4, -0.2) is 30.6 Å². The zero-order valence-corrected chi connectivity index (χ0v) is 12.8. The van der Waals surface area contributed by atoms with Crippen molar-refractivity contribution < 1.29 is 4.39 Å². The van der Waals surface area contributed by atoms with Crippen molar-refractivity contribution in [2.24, 2.45) is 5.92 Å². The van der Waals surface area contributed by atoms with E-state index in [1.807, 2.05) is 6.07 Å². The molecule has 1 N–H and O–H groups in total. The van der Waals surface area contributed by atoms with Gasteiger partial charge in [0.15, 0.2) is 0 Å². The van der Waals surface area contributed by atoms with Gasteiger partial charge in [-0.15, -0.1) is 0 Å². The molecule has 2 unspecified atom stereocenters. The van der Waals surface area contributed by atoms with E-state index < -0.39 is 0 Å². The number of piperidine rings is 3. The first kappa shape index (κ1) is 13.5. The van der Waals surface area contributed by atoms with Crippen molar-refractivity contribution in [1.82, 2.24) is 10.2 Å². The van der Waals surface area contributed by atoms with Crippen molar-refractivity contribution in [3.8, 4) is 0 Å². The normalized spacial score (nSPS) is 31.4. The molecule has 2 atom stereocenters. The minimum absolute atomic E-state index is 0.189. The number of benzene rings is 1. The number of nitrogens with zero attached hydrogens (tertiary/aromatic N) is 1. The average Bonchev–Trinajstić information content (AvgIpc) is 2.39. The summed E-state index contributed by atoms with van der Waals surface area (Å²) < 4.78 is 14.0. The molecule has 4 rings (SSSR count). The summed E-state index contributed by atoms with van der Waals surface area (Å²) in [6.45, 7) is 5.85. The Morgan fingerprint density at radius 3 is 2.68 bits per heavy atom. The Hall–Kier alpha value is -0.450. The highest BCUT2D eigenvalue weighted by atomic mass is 79.9. The van der Waals surface area contributed by atoms with Crippen LogP contribution in [0.3, 0.4) is 0 Å². The summed E-state index contributed by atoms with van der Waals surface area (Å²) in [6.07, 6.45) is 2.63. The van der Waals surface area contributed by atoms with Crippen LogP contribution >= 0.6 is 15.9 Å². The maximum atomic E-state index is 13.1. The van der Waals surface area contributed by atoms with Crippen LogP contribution in [0.5, 0.6) is 0 Å². The molecule has 2 nitrogen and oxygen atoms in total. The Balaban J connectivity index is 1.69. The van der Waals surface area contributed by atoms with Gasteiger partial charge in [-0.05, 0) is 56.5 Å². The Morgan fingerprint density at radius 1 is 1.37 bits per heavy atom. The SMILES string of the molecule is CC(NC1CN2CCC1CC2)c1ccc(F)cc1Br. The van der Waals surface area contributed by atoms with E-state index in [9.17, 15) is 4.39 Å². The summed E-state index contributed by atoms with van der Waals surface area (Å²) in [7, 11) is 0.